The van der Waals surface area contributed by atoms with E-state index in [9.17, 15) is 18.9 Å². The normalized spacial score (nSPS) is 49.1. The standard InChI is InChI=1S/C26H44O16P2/c1-15-18-6-33-11-25(39-15,21(18)32-5)13-36-43(27,28)42-23-20-8-35-12-26(23,40-17(20)3)14-37-44(29,30)41-22-19-7-34-10-24(22,9-31-4)38-16(19)2/h15-23H,6-14H2,1-5H3,(H,27,28)(H,29,30)/t15?,16?,17?,18-,19-,20-,21-,22-,23-,24?,25?,26?/m1/s1. The van der Waals surface area contributed by atoms with Gasteiger partial charge in [-0.1, -0.05) is 0 Å². The molecule has 6 aliphatic rings. The summed E-state index contributed by atoms with van der Waals surface area (Å²) >= 11 is 0. The van der Waals surface area contributed by atoms with E-state index in [2.05, 4.69) is 0 Å². The Hall–Kier alpha value is -0.100. The van der Waals surface area contributed by atoms with E-state index < -0.39 is 69.4 Å². The fourth-order valence-corrected chi connectivity index (χ4v) is 9.94. The number of hydrogen-bond donors (Lipinski definition) is 2. The van der Waals surface area contributed by atoms with Gasteiger partial charge in [-0.05, 0) is 20.8 Å². The molecule has 6 rings (SSSR count). The number of hydrogen-bond acceptors (Lipinski definition) is 14. The van der Waals surface area contributed by atoms with Crippen LogP contribution in [0.1, 0.15) is 20.8 Å². The maximum Gasteiger partial charge on any atom is 0.472 e. The predicted molar refractivity (Wildman–Crippen MR) is 147 cm³/mol. The Labute approximate surface area is 256 Å². The van der Waals surface area contributed by atoms with E-state index in [4.69, 9.17) is 56.0 Å². The third-order valence-corrected chi connectivity index (χ3v) is 11.7. The van der Waals surface area contributed by atoms with E-state index >= 15 is 0 Å². The molecule has 6 aliphatic heterocycles. The van der Waals surface area contributed by atoms with E-state index in [1.165, 1.54) is 7.11 Å². The van der Waals surface area contributed by atoms with Crippen molar-refractivity contribution in [1.29, 1.82) is 0 Å². The average Bonchev–Trinajstić information content (AvgIpc) is 3.26. The van der Waals surface area contributed by atoms with Crippen LogP contribution in [0.15, 0.2) is 0 Å². The molecule has 16 nitrogen and oxygen atoms in total. The monoisotopic (exact) mass is 674 g/mol. The number of phosphoric acid groups is 2. The van der Waals surface area contributed by atoms with Gasteiger partial charge in [0.1, 0.15) is 29.0 Å². The van der Waals surface area contributed by atoms with Gasteiger partial charge in [-0.2, -0.15) is 0 Å². The van der Waals surface area contributed by atoms with E-state index in [-0.39, 0.29) is 70.3 Å². The molecule has 0 saturated carbocycles. The molecule has 6 saturated heterocycles. The zero-order chi connectivity index (χ0) is 31.5. The largest absolute Gasteiger partial charge is 0.472 e. The fraction of sp³-hybridized carbons (Fsp3) is 1.00. The van der Waals surface area contributed by atoms with Crippen LogP contribution >= 0.6 is 15.6 Å². The Kier molecular flexibility index (Phi) is 9.53. The number of rotatable bonds is 13. The minimum Gasteiger partial charge on any atom is -0.381 e. The first-order chi connectivity index (χ1) is 20.8. The minimum atomic E-state index is -4.74. The summed E-state index contributed by atoms with van der Waals surface area (Å²) in [5.41, 5.74) is -3.66. The highest BCUT2D eigenvalue weighted by Crippen LogP contribution is 2.57. The zero-order valence-electron chi connectivity index (χ0n) is 25.6. The van der Waals surface area contributed by atoms with Crippen LogP contribution in [-0.4, -0.2) is 137 Å². The molecule has 254 valence electrons. The summed E-state index contributed by atoms with van der Waals surface area (Å²) in [5.74, 6) is -0.867. The molecule has 0 aromatic rings. The lowest BCUT2D eigenvalue weighted by atomic mass is 9.87. The van der Waals surface area contributed by atoms with Gasteiger partial charge in [0.25, 0.3) is 0 Å². The third-order valence-electron chi connectivity index (χ3n) is 9.84. The Morgan fingerprint density at radius 2 is 1.00 bits per heavy atom. The summed E-state index contributed by atoms with van der Waals surface area (Å²) in [4.78, 5) is 21.8. The Bertz CT molecular complexity index is 1140. The number of phosphoric ester groups is 2. The summed E-state index contributed by atoms with van der Waals surface area (Å²) in [6.45, 7) is 5.76. The van der Waals surface area contributed by atoms with E-state index in [0.29, 0.717) is 6.61 Å². The predicted octanol–water partition coefficient (Wildman–Crippen LogP) is 1.06. The quantitative estimate of drug-likeness (QED) is 0.264. The van der Waals surface area contributed by atoms with Crippen molar-refractivity contribution in [2.75, 3.05) is 73.7 Å². The maximum absolute atomic E-state index is 13.4. The molecule has 14 atom stereocenters. The van der Waals surface area contributed by atoms with Gasteiger partial charge in [0.05, 0.1) is 83.9 Å². The van der Waals surface area contributed by atoms with Gasteiger partial charge in [-0.15, -0.1) is 0 Å². The van der Waals surface area contributed by atoms with Crippen LogP contribution in [0.2, 0.25) is 0 Å². The summed E-state index contributed by atoms with van der Waals surface area (Å²) in [6, 6.07) is 0. The van der Waals surface area contributed by atoms with Gasteiger partial charge in [0.2, 0.25) is 0 Å². The van der Waals surface area contributed by atoms with Crippen LogP contribution in [0, 0.1) is 17.8 Å². The van der Waals surface area contributed by atoms with E-state index in [0.717, 1.165) is 0 Å². The van der Waals surface area contributed by atoms with Crippen LogP contribution in [-0.2, 0) is 65.1 Å². The molecule has 18 heteroatoms. The first kappa shape index (κ1) is 33.8. The van der Waals surface area contributed by atoms with Crippen molar-refractivity contribution >= 4 is 15.6 Å². The molecule has 0 spiro atoms. The lowest BCUT2D eigenvalue weighted by Gasteiger charge is -2.41. The molecular formula is C26H44O16P2. The second kappa shape index (κ2) is 12.4. The average molecular weight is 675 g/mol. The van der Waals surface area contributed by atoms with Crippen LogP contribution in [0.4, 0.5) is 0 Å². The van der Waals surface area contributed by atoms with E-state index in [1.54, 1.807) is 14.0 Å². The maximum atomic E-state index is 13.4. The lowest BCUT2D eigenvalue weighted by Crippen LogP contribution is -2.55. The molecule has 8 unspecified atom stereocenters. The van der Waals surface area contributed by atoms with E-state index in [1.807, 2.05) is 13.8 Å². The summed E-state index contributed by atoms with van der Waals surface area (Å²) in [5, 5.41) is 0. The first-order valence-corrected chi connectivity index (χ1v) is 17.9. The third kappa shape index (κ3) is 6.02. The zero-order valence-corrected chi connectivity index (χ0v) is 27.4. The first-order valence-electron chi connectivity index (χ1n) is 14.9. The van der Waals surface area contributed by atoms with Crippen molar-refractivity contribution < 1.29 is 74.9 Å². The summed E-state index contributed by atoms with van der Waals surface area (Å²) < 4.78 is 95.6. The van der Waals surface area contributed by atoms with Crippen LogP contribution < -0.4 is 0 Å². The minimum absolute atomic E-state index is 0.0516. The topological polar surface area (TPSA) is 185 Å². The van der Waals surface area contributed by atoms with Crippen molar-refractivity contribution in [2.45, 2.75) is 74.2 Å². The second-order valence-electron chi connectivity index (χ2n) is 12.8. The number of fused-ring (bicyclic) bond motifs is 6. The Morgan fingerprint density at radius 1 is 0.636 bits per heavy atom. The molecule has 0 amide bonds. The van der Waals surface area contributed by atoms with Crippen molar-refractivity contribution in [1.82, 2.24) is 0 Å². The summed E-state index contributed by atoms with van der Waals surface area (Å²) in [7, 11) is -6.43. The van der Waals surface area contributed by atoms with Crippen molar-refractivity contribution in [3.8, 4) is 0 Å². The molecule has 0 aromatic carbocycles. The van der Waals surface area contributed by atoms with Crippen LogP contribution in [0.25, 0.3) is 0 Å². The van der Waals surface area contributed by atoms with Crippen molar-refractivity contribution in [3.05, 3.63) is 0 Å². The van der Waals surface area contributed by atoms with Gasteiger partial charge in [0, 0.05) is 32.0 Å². The van der Waals surface area contributed by atoms with Gasteiger partial charge >= 0.3 is 15.6 Å². The molecule has 0 aliphatic carbocycles. The number of ether oxygens (including phenoxy) is 8. The molecule has 6 heterocycles. The van der Waals surface area contributed by atoms with Crippen molar-refractivity contribution in [2.24, 2.45) is 17.8 Å². The smallest absolute Gasteiger partial charge is 0.381 e. The van der Waals surface area contributed by atoms with Gasteiger partial charge in [0.15, 0.2) is 0 Å². The molecule has 6 fully saturated rings. The summed E-state index contributed by atoms with van der Waals surface area (Å²) in [6.07, 6.45) is -3.29. The van der Waals surface area contributed by atoms with Gasteiger partial charge in [-0.25, -0.2) is 9.13 Å². The highest BCUT2D eigenvalue weighted by molar-refractivity contribution is 7.47. The van der Waals surface area contributed by atoms with Crippen LogP contribution in [0.3, 0.4) is 0 Å². The SMILES string of the molecule is COCC12COC[C@H](C(C)O1)[C@H]2OP(=O)(O)OCC12COC[C@H](C(C)O1)[C@H]2OP(=O)(O)OCC12COC[C@H](C(C)O1)[C@H]2OC. The van der Waals surface area contributed by atoms with Gasteiger partial charge in [-0.3, -0.25) is 18.1 Å². The Balaban J connectivity index is 1.14. The Morgan fingerprint density at radius 3 is 1.39 bits per heavy atom. The second-order valence-corrected chi connectivity index (χ2v) is 15.6. The number of methoxy groups -OCH3 is 2. The fourth-order valence-electron chi connectivity index (χ4n) is 7.79. The van der Waals surface area contributed by atoms with Crippen molar-refractivity contribution in [3.63, 3.8) is 0 Å². The lowest BCUT2D eigenvalue weighted by molar-refractivity contribution is -0.173. The highest BCUT2D eigenvalue weighted by Gasteiger charge is 2.63. The molecule has 0 radical (unpaired) electrons. The van der Waals surface area contributed by atoms with Gasteiger partial charge < -0.3 is 47.7 Å². The molecule has 0 aromatic heterocycles. The highest BCUT2D eigenvalue weighted by atomic mass is 31.2. The van der Waals surface area contributed by atoms with Crippen LogP contribution in [0.5, 0.6) is 0 Å². The molecule has 6 bridgehead atoms. The molecular weight excluding hydrogens is 630 g/mol. The molecule has 44 heavy (non-hydrogen) atoms. The molecule has 2 N–H and O–H groups in total.